The van der Waals surface area contributed by atoms with E-state index in [1.165, 1.54) is 0 Å². The minimum atomic E-state index is -0.498. The van der Waals surface area contributed by atoms with E-state index in [2.05, 4.69) is 13.8 Å². The normalized spacial score (nSPS) is 20.1. The van der Waals surface area contributed by atoms with Crippen molar-refractivity contribution in [3.8, 4) is 0 Å². The molecule has 0 aliphatic carbocycles. The van der Waals surface area contributed by atoms with Crippen LogP contribution in [0.5, 0.6) is 0 Å². The molecule has 0 aromatic rings. The van der Waals surface area contributed by atoms with Crippen molar-refractivity contribution in [2.75, 3.05) is 13.7 Å². The molecule has 0 aromatic carbocycles. The van der Waals surface area contributed by atoms with E-state index in [9.17, 15) is 0 Å². The van der Waals surface area contributed by atoms with Gasteiger partial charge in [-0.25, -0.2) is 0 Å². The Labute approximate surface area is 88.0 Å². The van der Waals surface area contributed by atoms with E-state index in [0.29, 0.717) is 6.61 Å². The zero-order chi connectivity index (χ0) is 11.2. The van der Waals surface area contributed by atoms with Gasteiger partial charge in [-0.3, -0.25) is 0 Å². The fourth-order valence-electron chi connectivity index (χ4n) is 1.03. The van der Waals surface area contributed by atoms with Crippen LogP contribution in [-0.2, 0) is 9.47 Å². The summed E-state index contributed by atoms with van der Waals surface area (Å²) in [5.74, 6) is 0. The van der Waals surface area contributed by atoms with Crippen LogP contribution in [0.2, 0.25) is 0 Å². The molecule has 0 radical (unpaired) electrons. The Bertz CT molecular complexity index is 153. The molecule has 2 unspecified atom stereocenters. The van der Waals surface area contributed by atoms with Gasteiger partial charge in [-0.05, 0) is 33.1 Å². The highest BCUT2D eigenvalue weighted by atomic mass is 16.5. The minimum absolute atomic E-state index is 0.0795. The van der Waals surface area contributed by atoms with Gasteiger partial charge in [0.25, 0.3) is 0 Å². The van der Waals surface area contributed by atoms with Crippen molar-refractivity contribution in [2.45, 2.75) is 58.3 Å². The van der Waals surface area contributed by atoms with E-state index in [1.807, 2.05) is 13.8 Å². The Morgan fingerprint density at radius 1 is 1.14 bits per heavy atom. The number of nitrogens with two attached hydrogens (primary N) is 1. The molecule has 0 saturated heterocycles. The van der Waals surface area contributed by atoms with Gasteiger partial charge >= 0.3 is 0 Å². The van der Waals surface area contributed by atoms with Gasteiger partial charge in [-0.15, -0.1) is 0 Å². The largest absolute Gasteiger partial charge is 0.378 e. The van der Waals surface area contributed by atoms with E-state index in [0.717, 1.165) is 19.3 Å². The first-order valence-corrected chi connectivity index (χ1v) is 5.37. The summed E-state index contributed by atoms with van der Waals surface area (Å²) in [5.41, 5.74) is 5.29. The third-order valence-electron chi connectivity index (χ3n) is 3.01. The maximum absolute atomic E-state index is 5.87. The van der Waals surface area contributed by atoms with Gasteiger partial charge in [0.1, 0.15) is 5.72 Å². The third kappa shape index (κ3) is 4.94. The van der Waals surface area contributed by atoms with Gasteiger partial charge < -0.3 is 15.2 Å². The molecule has 3 heteroatoms. The monoisotopic (exact) mass is 203 g/mol. The van der Waals surface area contributed by atoms with E-state index in [-0.39, 0.29) is 5.60 Å². The summed E-state index contributed by atoms with van der Waals surface area (Å²) in [6.07, 6.45) is 2.69. The van der Waals surface area contributed by atoms with E-state index >= 15 is 0 Å². The molecule has 0 saturated carbocycles. The Hall–Kier alpha value is -0.120. The molecule has 0 heterocycles. The first kappa shape index (κ1) is 13.9. The number of ether oxygens (including phenoxy) is 2. The van der Waals surface area contributed by atoms with Crippen LogP contribution in [0.1, 0.15) is 47.0 Å². The molecule has 0 amide bonds. The Morgan fingerprint density at radius 3 is 2.07 bits per heavy atom. The van der Waals surface area contributed by atoms with Crippen molar-refractivity contribution in [1.82, 2.24) is 0 Å². The third-order valence-corrected chi connectivity index (χ3v) is 3.01. The van der Waals surface area contributed by atoms with Crippen LogP contribution in [-0.4, -0.2) is 25.0 Å². The molecule has 0 spiro atoms. The number of rotatable bonds is 7. The number of hydrogen-bond acceptors (Lipinski definition) is 3. The maximum Gasteiger partial charge on any atom is 0.113 e. The SMILES string of the molecule is CCC(C)(N)OCCC(C)(CC)OC. The van der Waals surface area contributed by atoms with Crippen molar-refractivity contribution in [3.63, 3.8) is 0 Å². The van der Waals surface area contributed by atoms with Crippen molar-refractivity contribution < 1.29 is 9.47 Å². The molecule has 0 aliphatic rings. The van der Waals surface area contributed by atoms with Crippen molar-refractivity contribution >= 4 is 0 Å². The second-order valence-electron chi connectivity index (χ2n) is 4.27. The van der Waals surface area contributed by atoms with Crippen LogP contribution in [0, 0.1) is 0 Å². The Kier molecular flexibility index (Phi) is 5.64. The van der Waals surface area contributed by atoms with Crippen LogP contribution < -0.4 is 5.73 Å². The summed E-state index contributed by atoms with van der Waals surface area (Å²) >= 11 is 0. The first-order valence-electron chi connectivity index (χ1n) is 5.37. The maximum atomic E-state index is 5.87. The van der Waals surface area contributed by atoms with E-state index in [4.69, 9.17) is 15.2 Å². The second kappa shape index (κ2) is 5.69. The lowest BCUT2D eigenvalue weighted by molar-refractivity contribution is -0.0719. The summed E-state index contributed by atoms with van der Waals surface area (Å²) in [7, 11) is 1.74. The predicted molar refractivity (Wildman–Crippen MR) is 59.2 cm³/mol. The van der Waals surface area contributed by atoms with E-state index < -0.39 is 5.72 Å². The lowest BCUT2D eigenvalue weighted by Gasteiger charge is -2.29. The smallest absolute Gasteiger partial charge is 0.113 e. The molecule has 86 valence electrons. The standard InChI is InChI=1S/C11H25NO2/c1-6-10(3,13-5)8-9-14-11(4,12)7-2/h6-9,12H2,1-5H3. The molecule has 2 N–H and O–H groups in total. The summed E-state index contributed by atoms with van der Waals surface area (Å²) < 4.78 is 11.0. The lowest BCUT2D eigenvalue weighted by atomic mass is 9.99. The zero-order valence-electron chi connectivity index (χ0n) is 10.2. The van der Waals surface area contributed by atoms with Crippen LogP contribution in [0.3, 0.4) is 0 Å². The summed E-state index contributed by atoms with van der Waals surface area (Å²) in [5, 5.41) is 0. The highest BCUT2D eigenvalue weighted by Crippen LogP contribution is 2.19. The molecule has 0 rings (SSSR count). The first-order chi connectivity index (χ1) is 6.39. The van der Waals surface area contributed by atoms with Crippen molar-refractivity contribution in [1.29, 1.82) is 0 Å². The average Bonchev–Trinajstić information content (AvgIpc) is 2.17. The fourth-order valence-corrected chi connectivity index (χ4v) is 1.03. The van der Waals surface area contributed by atoms with Crippen LogP contribution >= 0.6 is 0 Å². The molecule has 0 aliphatic heterocycles. The van der Waals surface area contributed by atoms with Gasteiger partial charge in [0, 0.05) is 7.11 Å². The van der Waals surface area contributed by atoms with E-state index in [1.54, 1.807) is 7.11 Å². The predicted octanol–water partition coefficient (Wildman–Crippen LogP) is 2.29. The summed E-state index contributed by atoms with van der Waals surface area (Å²) in [6.45, 7) is 8.79. The number of methoxy groups -OCH3 is 1. The molecular formula is C11H25NO2. The molecular weight excluding hydrogens is 178 g/mol. The van der Waals surface area contributed by atoms with Crippen molar-refractivity contribution in [3.05, 3.63) is 0 Å². The average molecular weight is 203 g/mol. The van der Waals surface area contributed by atoms with Crippen molar-refractivity contribution in [2.24, 2.45) is 5.73 Å². The zero-order valence-corrected chi connectivity index (χ0v) is 10.2. The van der Waals surface area contributed by atoms with Gasteiger partial charge in [-0.1, -0.05) is 13.8 Å². The number of hydrogen-bond donors (Lipinski definition) is 1. The molecule has 14 heavy (non-hydrogen) atoms. The molecule has 0 aromatic heterocycles. The molecule has 0 bridgehead atoms. The topological polar surface area (TPSA) is 44.5 Å². The quantitative estimate of drug-likeness (QED) is 0.646. The molecule has 2 atom stereocenters. The second-order valence-corrected chi connectivity index (χ2v) is 4.27. The van der Waals surface area contributed by atoms with Gasteiger partial charge in [0.15, 0.2) is 0 Å². The summed E-state index contributed by atoms with van der Waals surface area (Å²) in [4.78, 5) is 0. The highest BCUT2D eigenvalue weighted by molar-refractivity contribution is 4.73. The molecule has 0 fully saturated rings. The van der Waals surface area contributed by atoms with Crippen LogP contribution in [0.15, 0.2) is 0 Å². The van der Waals surface area contributed by atoms with Gasteiger partial charge in [0.05, 0.1) is 12.2 Å². The Morgan fingerprint density at radius 2 is 1.71 bits per heavy atom. The Balaban J connectivity index is 3.83. The molecule has 3 nitrogen and oxygen atoms in total. The van der Waals surface area contributed by atoms with Gasteiger partial charge in [-0.2, -0.15) is 0 Å². The van der Waals surface area contributed by atoms with Gasteiger partial charge in [0.2, 0.25) is 0 Å². The van der Waals surface area contributed by atoms with Crippen LogP contribution in [0.4, 0.5) is 0 Å². The fraction of sp³-hybridized carbons (Fsp3) is 1.00. The van der Waals surface area contributed by atoms with Crippen LogP contribution in [0.25, 0.3) is 0 Å². The summed E-state index contributed by atoms with van der Waals surface area (Å²) in [6, 6.07) is 0. The minimum Gasteiger partial charge on any atom is -0.378 e. The highest BCUT2D eigenvalue weighted by Gasteiger charge is 2.23. The lowest BCUT2D eigenvalue weighted by Crippen LogP contribution is -2.40.